The minimum atomic E-state index is -0.123. The number of nitrogens with zero attached hydrogens (tertiary/aromatic N) is 2. The summed E-state index contributed by atoms with van der Waals surface area (Å²) in [6.45, 7) is 8.16. The van der Waals surface area contributed by atoms with Gasteiger partial charge in [0.1, 0.15) is 6.61 Å². The number of nitrogens with one attached hydrogen (secondary N) is 1. The van der Waals surface area contributed by atoms with E-state index in [0.29, 0.717) is 31.2 Å². The third kappa shape index (κ3) is 6.52. The number of benzene rings is 1. The first-order valence-electron chi connectivity index (χ1n) is 10.4. The van der Waals surface area contributed by atoms with Gasteiger partial charge in [-0.05, 0) is 37.6 Å². The van der Waals surface area contributed by atoms with Crippen LogP contribution in [-0.2, 0) is 22.6 Å². The maximum absolute atomic E-state index is 12.6. The van der Waals surface area contributed by atoms with Crippen LogP contribution in [0.25, 0.3) is 0 Å². The first kappa shape index (κ1) is 22.2. The molecule has 0 bridgehead atoms. The summed E-state index contributed by atoms with van der Waals surface area (Å²) in [7, 11) is 1.62. The van der Waals surface area contributed by atoms with Crippen LogP contribution >= 0.6 is 0 Å². The van der Waals surface area contributed by atoms with E-state index in [9.17, 15) is 4.79 Å². The molecular formula is C23H31N3O4. The van der Waals surface area contributed by atoms with Gasteiger partial charge in [0.2, 0.25) is 5.88 Å². The number of amides is 1. The van der Waals surface area contributed by atoms with E-state index in [-0.39, 0.29) is 18.1 Å². The van der Waals surface area contributed by atoms with Crippen molar-refractivity contribution in [2.45, 2.75) is 39.1 Å². The van der Waals surface area contributed by atoms with Gasteiger partial charge < -0.3 is 19.5 Å². The fourth-order valence-electron chi connectivity index (χ4n) is 3.62. The lowest BCUT2D eigenvalue weighted by atomic mass is 10.1. The summed E-state index contributed by atoms with van der Waals surface area (Å²) in [5.41, 5.74) is 2.65. The molecule has 0 saturated carbocycles. The van der Waals surface area contributed by atoms with Crippen molar-refractivity contribution in [3.8, 4) is 5.88 Å². The molecule has 1 N–H and O–H groups in total. The Labute approximate surface area is 178 Å². The predicted molar refractivity (Wildman–Crippen MR) is 115 cm³/mol. The van der Waals surface area contributed by atoms with Crippen LogP contribution in [-0.4, -0.2) is 61.4 Å². The number of carbonyl (C=O) groups excluding carboxylic acids is 1. The standard InChI is InChI=1S/C23H31N3O4/c1-17-14-26(15-18(2)30-17)16-19-6-8-20(9-7-19)22(27)25-13-21-5-4-10-24-23(21)29-12-11-28-3/h4-10,17-18H,11-16H2,1-3H3,(H,25,27). The second-order valence-corrected chi connectivity index (χ2v) is 7.64. The zero-order chi connectivity index (χ0) is 21.3. The molecule has 0 spiro atoms. The topological polar surface area (TPSA) is 72.9 Å². The van der Waals surface area contributed by atoms with Gasteiger partial charge in [-0.3, -0.25) is 9.69 Å². The van der Waals surface area contributed by atoms with Crippen molar-refractivity contribution in [1.29, 1.82) is 0 Å². The van der Waals surface area contributed by atoms with Crippen molar-refractivity contribution in [1.82, 2.24) is 15.2 Å². The lowest BCUT2D eigenvalue weighted by Gasteiger charge is -2.35. The molecule has 1 aliphatic heterocycles. The van der Waals surface area contributed by atoms with Gasteiger partial charge in [-0.1, -0.05) is 18.2 Å². The zero-order valence-electron chi connectivity index (χ0n) is 18.0. The smallest absolute Gasteiger partial charge is 0.251 e. The molecule has 1 fully saturated rings. The number of hydrogen-bond donors (Lipinski definition) is 1. The highest BCUT2D eigenvalue weighted by Crippen LogP contribution is 2.16. The van der Waals surface area contributed by atoms with Crippen LogP contribution in [0.3, 0.4) is 0 Å². The summed E-state index contributed by atoms with van der Waals surface area (Å²) in [5, 5.41) is 2.94. The molecule has 162 valence electrons. The van der Waals surface area contributed by atoms with Crippen LogP contribution in [0.1, 0.15) is 35.3 Å². The zero-order valence-corrected chi connectivity index (χ0v) is 18.0. The van der Waals surface area contributed by atoms with E-state index in [0.717, 1.165) is 25.2 Å². The Balaban J connectivity index is 1.53. The first-order chi connectivity index (χ1) is 14.5. The molecular weight excluding hydrogens is 382 g/mol. The average Bonchev–Trinajstić information content (AvgIpc) is 2.73. The Morgan fingerprint density at radius 1 is 1.17 bits per heavy atom. The van der Waals surface area contributed by atoms with E-state index >= 15 is 0 Å². The predicted octanol–water partition coefficient (Wildman–Crippen LogP) is 2.65. The summed E-state index contributed by atoms with van der Waals surface area (Å²) in [5.74, 6) is 0.390. The van der Waals surface area contributed by atoms with Gasteiger partial charge in [0.05, 0.1) is 18.8 Å². The van der Waals surface area contributed by atoms with Crippen molar-refractivity contribution < 1.29 is 19.0 Å². The number of ether oxygens (including phenoxy) is 3. The highest BCUT2D eigenvalue weighted by molar-refractivity contribution is 5.94. The summed E-state index contributed by atoms with van der Waals surface area (Å²) < 4.78 is 16.4. The first-order valence-corrected chi connectivity index (χ1v) is 10.4. The van der Waals surface area contributed by atoms with Gasteiger partial charge in [0.25, 0.3) is 5.91 Å². The third-order valence-electron chi connectivity index (χ3n) is 4.93. The summed E-state index contributed by atoms with van der Waals surface area (Å²) in [6.07, 6.45) is 2.16. The number of carbonyl (C=O) groups is 1. The number of aromatic nitrogens is 1. The second kappa shape index (κ2) is 11.1. The molecule has 2 atom stereocenters. The number of hydrogen-bond acceptors (Lipinski definition) is 6. The maximum atomic E-state index is 12.6. The molecule has 1 aromatic carbocycles. The van der Waals surface area contributed by atoms with Crippen molar-refractivity contribution in [2.24, 2.45) is 0 Å². The molecule has 3 rings (SSSR count). The van der Waals surface area contributed by atoms with Gasteiger partial charge in [-0.25, -0.2) is 4.98 Å². The molecule has 1 saturated heterocycles. The fourth-order valence-corrected chi connectivity index (χ4v) is 3.62. The molecule has 1 amide bonds. The van der Waals surface area contributed by atoms with Crippen molar-refractivity contribution in [2.75, 3.05) is 33.4 Å². The monoisotopic (exact) mass is 413 g/mol. The highest BCUT2D eigenvalue weighted by Gasteiger charge is 2.22. The summed E-state index contributed by atoms with van der Waals surface area (Å²) in [6, 6.07) is 11.5. The fraction of sp³-hybridized carbons (Fsp3) is 0.478. The molecule has 2 aromatic rings. The average molecular weight is 414 g/mol. The molecule has 0 radical (unpaired) electrons. The van der Waals surface area contributed by atoms with E-state index in [4.69, 9.17) is 14.2 Å². The molecule has 2 heterocycles. The molecule has 7 nitrogen and oxygen atoms in total. The maximum Gasteiger partial charge on any atom is 0.251 e. The Kier molecular flexibility index (Phi) is 8.19. The third-order valence-corrected chi connectivity index (χ3v) is 4.93. The molecule has 1 aliphatic rings. The normalized spacial score (nSPS) is 19.4. The van der Waals surface area contributed by atoms with Gasteiger partial charge in [-0.2, -0.15) is 0 Å². The Bertz CT molecular complexity index is 802. The van der Waals surface area contributed by atoms with Crippen LogP contribution < -0.4 is 10.1 Å². The Hall–Kier alpha value is -2.48. The van der Waals surface area contributed by atoms with Crippen molar-refractivity contribution >= 4 is 5.91 Å². The van der Waals surface area contributed by atoms with Gasteiger partial charge in [0, 0.05) is 50.6 Å². The second-order valence-electron chi connectivity index (χ2n) is 7.64. The van der Waals surface area contributed by atoms with E-state index in [1.165, 1.54) is 5.56 Å². The van der Waals surface area contributed by atoms with E-state index in [1.807, 2.05) is 36.4 Å². The van der Waals surface area contributed by atoms with E-state index in [2.05, 4.69) is 29.0 Å². The number of morpholine rings is 1. The molecule has 0 aliphatic carbocycles. The van der Waals surface area contributed by atoms with Gasteiger partial charge in [0.15, 0.2) is 0 Å². The van der Waals surface area contributed by atoms with E-state index < -0.39 is 0 Å². The Morgan fingerprint density at radius 2 is 1.90 bits per heavy atom. The van der Waals surface area contributed by atoms with Crippen LogP contribution in [0.4, 0.5) is 0 Å². The Morgan fingerprint density at radius 3 is 2.60 bits per heavy atom. The van der Waals surface area contributed by atoms with Crippen molar-refractivity contribution in [3.63, 3.8) is 0 Å². The SMILES string of the molecule is COCCOc1ncccc1CNC(=O)c1ccc(CN2CC(C)OC(C)C2)cc1. The molecule has 1 aromatic heterocycles. The number of rotatable bonds is 9. The van der Waals surface area contributed by atoms with E-state index in [1.54, 1.807) is 13.3 Å². The minimum absolute atomic E-state index is 0.123. The van der Waals surface area contributed by atoms with Crippen LogP contribution in [0.2, 0.25) is 0 Å². The lowest BCUT2D eigenvalue weighted by Crippen LogP contribution is -2.44. The van der Waals surface area contributed by atoms with Crippen molar-refractivity contribution in [3.05, 3.63) is 59.3 Å². The van der Waals surface area contributed by atoms with Gasteiger partial charge >= 0.3 is 0 Å². The van der Waals surface area contributed by atoms with Crippen LogP contribution in [0, 0.1) is 0 Å². The molecule has 7 heteroatoms. The lowest BCUT2D eigenvalue weighted by molar-refractivity contribution is -0.0704. The minimum Gasteiger partial charge on any atom is -0.475 e. The van der Waals surface area contributed by atoms with Gasteiger partial charge in [-0.15, -0.1) is 0 Å². The highest BCUT2D eigenvalue weighted by atomic mass is 16.5. The van der Waals surface area contributed by atoms with Crippen LogP contribution in [0.5, 0.6) is 5.88 Å². The number of pyridine rings is 1. The van der Waals surface area contributed by atoms with Crippen LogP contribution in [0.15, 0.2) is 42.6 Å². The largest absolute Gasteiger partial charge is 0.475 e. The molecule has 30 heavy (non-hydrogen) atoms. The number of methoxy groups -OCH3 is 1. The summed E-state index contributed by atoms with van der Waals surface area (Å²) >= 11 is 0. The quantitative estimate of drug-likeness (QED) is 0.637. The molecule has 2 unspecified atom stereocenters. The summed E-state index contributed by atoms with van der Waals surface area (Å²) in [4.78, 5) is 19.2.